The highest BCUT2D eigenvalue weighted by Crippen LogP contribution is 2.32. The van der Waals surface area contributed by atoms with E-state index < -0.39 is 0 Å². The Morgan fingerprint density at radius 1 is 1.00 bits per heavy atom. The monoisotopic (exact) mass is 356 g/mol. The lowest BCUT2D eigenvalue weighted by Crippen LogP contribution is -2.15. The number of rotatable bonds is 2. The molecule has 1 aliphatic carbocycles. The molecule has 0 spiro atoms. The van der Waals surface area contributed by atoms with Crippen molar-refractivity contribution >= 4 is 45.7 Å². The van der Waals surface area contributed by atoms with Crippen molar-refractivity contribution in [2.45, 2.75) is 19.3 Å². The molecule has 1 amide bonds. The van der Waals surface area contributed by atoms with E-state index in [1.165, 1.54) is 0 Å². The van der Waals surface area contributed by atoms with Crippen molar-refractivity contribution in [1.29, 1.82) is 0 Å². The summed E-state index contributed by atoms with van der Waals surface area (Å²) in [6.07, 6.45) is 2.80. The number of amides is 1. The summed E-state index contributed by atoms with van der Waals surface area (Å²) in [5, 5.41) is 4.99. The van der Waals surface area contributed by atoms with Gasteiger partial charge in [-0.15, -0.1) is 0 Å². The van der Waals surface area contributed by atoms with E-state index >= 15 is 0 Å². The lowest BCUT2D eigenvalue weighted by molar-refractivity contribution is 0.102. The average molecular weight is 357 g/mol. The summed E-state index contributed by atoms with van der Waals surface area (Å²) in [4.78, 5) is 17.7. The van der Waals surface area contributed by atoms with Crippen molar-refractivity contribution < 1.29 is 4.79 Å². The van der Waals surface area contributed by atoms with Crippen LogP contribution in [0.15, 0.2) is 42.5 Å². The molecule has 1 N–H and O–H groups in total. The molecule has 3 nitrogen and oxygen atoms in total. The lowest BCUT2D eigenvalue weighted by atomic mass is 10.0. The van der Waals surface area contributed by atoms with Gasteiger partial charge in [0.25, 0.3) is 5.91 Å². The van der Waals surface area contributed by atoms with Crippen LogP contribution in [0.3, 0.4) is 0 Å². The molecule has 4 rings (SSSR count). The first-order valence-corrected chi connectivity index (χ1v) is 8.55. The molecule has 0 fully saturated rings. The standard InChI is InChI=1S/C19H14Cl2N2O/c20-11-4-7-13(8-5-11)22-19(24)18-14-2-1-3-16(14)23-17-9-6-12(21)10-15(17)18/h4-10H,1-3H2,(H,22,24). The minimum Gasteiger partial charge on any atom is -0.322 e. The highest BCUT2D eigenvalue weighted by Gasteiger charge is 2.24. The van der Waals surface area contributed by atoms with Gasteiger partial charge in [0.2, 0.25) is 0 Å². The Labute approximate surface area is 149 Å². The topological polar surface area (TPSA) is 42.0 Å². The summed E-state index contributed by atoms with van der Waals surface area (Å²) in [7, 11) is 0. The molecular weight excluding hydrogens is 343 g/mol. The van der Waals surface area contributed by atoms with Gasteiger partial charge >= 0.3 is 0 Å². The fraction of sp³-hybridized carbons (Fsp3) is 0.158. The SMILES string of the molecule is O=C(Nc1ccc(Cl)cc1)c1c2c(nc3ccc(Cl)cc13)CCC2. The molecule has 3 aromatic rings. The van der Waals surface area contributed by atoms with Crippen LogP contribution in [0, 0.1) is 0 Å². The zero-order valence-electron chi connectivity index (χ0n) is 12.8. The van der Waals surface area contributed by atoms with Crippen molar-refractivity contribution in [3.8, 4) is 0 Å². The summed E-state index contributed by atoms with van der Waals surface area (Å²) in [5.41, 5.74) is 4.26. The number of carbonyl (C=O) groups is 1. The fourth-order valence-corrected chi connectivity index (χ4v) is 3.52. The first-order valence-electron chi connectivity index (χ1n) is 7.80. The summed E-state index contributed by atoms with van der Waals surface area (Å²) in [6, 6.07) is 12.6. The number of carbonyl (C=O) groups excluding carboxylic acids is 1. The molecule has 1 aliphatic rings. The normalized spacial score (nSPS) is 13.1. The molecule has 1 heterocycles. The average Bonchev–Trinajstić information content (AvgIpc) is 3.02. The second kappa shape index (κ2) is 6.08. The lowest BCUT2D eigenvalue weighted by Gasteiger charge is -2.13. The zero-order chi connectivity index (χ0) is 16.7. The number of aryl methyl sites for hydroxylation is 1. The molecule has 24 heavy (non-hydrogen) atoms. The van der Waals surface area contributed by atoms with Crippen molar-refractivity contribution in [3.05, 3.63) is 69.3 Å². The summed E-state index contributed by atoms with van der Waals surface area (Å²) < 4.78 is 0. The Balaban J connectivity index is 1.83. The molecule has 1 aromatic heterocycles. The number of hydrogen-bond donors (Lipinski definition) is 1. The predicted octanol–water partition coefficient (Wildman–Crippen LogP) is 5.28. The maximum atomic E-state index is 13.0. The Morgan fingerprint density at radius 3 is 2.54 bits per heavy atom. The van der Waals surface area contributed by atoms with Gasteiger partial charge in [-0.3, -0.25) is 9.78 Å². The summed E-state index contributed by atoms with van der Waals surface area (Å²) in [6.45, 7) is 0. The van der Waals surface area contributed by atoms with Gasteiger partial charge in [-0.1, -0.05) is 23.2 Å². The molecule has 0 unspecified atom stereocenters. The number of nitrogens with zero attached hydrogens (tertiary/aromatic N) is 1. The minimum absolute atomic E-state index is 0.134. The summed E-state index contributed by atoms with van der Waals surface area (Å²) >= 11 is 12.1. The highest BCUT2D eigenvalue weighted by molar-refractivity contribution is 6.31. The molecule has 2 aromatic carbocycles. The Morgan fingerprint density at radius 2 is 1.75 bits per heavy atom. The Bertz CT molecular complexity index is 952. The number of anilines is 1. The maximum absolute atomic E-state index is 13.0. The maximum Gasteiger partial charge on any atom is 0.256 e. The van der Waals surface area contributed by atoms with Gasteiger partial charge in [-0.05, 0) is 67.3 Å². The van der Waals surface area contributed by atoms with Crippen LogP contribution < -0.4 is 5.32 Å². The van der Waals surface area contributed by atoms with E-state index in [0.29, 0.717) is 21.3 Å². The van der Waals surface area contributed by atoms with Crippen LogP contribution in [0.4, 0.5) is 5.69 Å². The van der Waals surface area contributed by atoms with E-state index in [2.05, 4.69) is 5.32 Å². The van der Waals surface area contributed by atoms with Gasteiger partial charge in [0.1, 0.15) is 0 Å². The van der Waals surface area contributed by atoms with Crippen LogP contribution in [-0.4, -0.2) is 10.9 Å². The first kappa shape index (κ1) is 15.4. The number of hydrogen-bond acceptors (Lipinski definition) is 2. The van der Waals surface area contributed by atoms with Crippen LogP contribution in [0.5, 0.6) is 0 Å². The van der Waals surface area contributed by atoms with Crippen molar-refractivity contribution in [2.75, 3.05) is 5.32 Å². The quantitative estimate of drug-likeness (QED) is 0.678. The molecule has 5 heteroatoms. The third kappa shape index (κ3) is 2.74. The van der Waals surface area contributed by atoms with Crippen LogP contribution in [0.2, 0.25) is 10.0 Å². The molecule has 120 valence electrons. The number of fused-ring (bicyclic) bond motifs is 2. The number of benzene rings is 2. The van der Waals surface area contributed by atoms with E-state index in [0.717, 1.165) is 41.4 Å². The van der Waals surface area contributed by atoms with Crippen molar-refractivity contribution in [1.82, 2.24) is 4.98 Å². The smallest absolute Gasteiger partial charge is 0.256 e. The van der Waals surface area contributed by atoms with Crippen molar-refractivity contribution in [2.24, 2.45) is 0 Å². The number of halogens is 2. The first-order chi connectivity index (χ1) is 11.6. The third-order valence-electron chi connectivity index (χ3n) is 4.30. The molecule has 0 saturated heterocycles. The van der Waals surface area contributed by atoms with Gasteiger partial charge < -0.3 is 5.32 Å². The van der Waals surface area contributed by atoms with Crippen LogP contribution >= 0.6 is 23.2 Å². The third-order valence-corrected chi connectivity index (χ3v) is 4.79. The number of nitrogens with one attached hydrogen (secondary N) is 1. The molecular formula is C19H14Cl2N2O. The van der Waals surface area contributed by atoms with E-state index in [4.69, 9.17) is 28.2 Å². The highest BCUT2D eigenvalue weighted by atomic mass is 35.5. The zero-order valence-corrected chi connectivity index (χ0v) is 14.3. The summed E-state index contributed by atoms with van der Waals surface area (Å²) in [5.74, 6) is -0.134. The van der Waals surface area contributed by atoms with Crippen LogP contribution in [-0.2, 0) is 12.8 Å². The number of aromatic nitrogens is 1. The largest absolute Gasteiger partial charge is 0.322 e. The minimum atomic E-state index is -0.134. The van der Waals surface area contributed by atoms with Gasteiger partial charge in [0, 0.05) is 26.8 Å². The van der Waals surface area contributed by atoms with Gasteiger partial charge in [0.05, 0.1) is 11.1 Å². The van der Waals surface area contributed by atoms with Gasteiger partial charge in [-0.25, -0.2) is 0 Å². The van der Waals surface area contributed by atoms with Crippen LogP contribution in [0.1, 0.15) is 28.0 Å². The second-order valence-electron chi connectivity index (χ2n) is 5.89. The molecule has 0 atom stereocenters. The van der Waals surface area contributed by atoms with E-state index in [1.54, 1.807) is 30.3 Å². The number of pyridine rings is 1. The molecule has 0 bridgehead atoms. The molecule has 0 saturated carbocycles. The second-order valence-corrected chi connectivity index (χ2v) is 6.76. The fourth-order valence-electron chi connectivity index (χ4n) is 3.22. The van der Waals surface area contributed by atoms with Crippen molar-refractivity contribution in [3.63, 3.8) is 0 Å². The Hall–Kier alpha value is -2.10. The predicted molar refractivity (Wildman–Crippen MR) is 98.2 cm³/mol. The molecule has 0 aliphatic heterocycles. The van der Waals surface area contributed by atoms with E-state index in [1.807, 2.05) is 12.1 Å². The van der Waals surface area contributed by atoms with E-state index in [-0.39, 0.29) is 5.91 Å². The van der Waals surface area contributed by atoms with Gasteiger partial charge in [0.15, 0.2) is 0 Å². The van der Waals surface area contributed by atoms with Gasteiger partial charge in [-0.2, -0.15) is 0 Å². The Kier molecular flexibility index (Phi) is 3.91. The molecule has 0 radical (unpaired) electrons. The van der Waals surface area contributed by atoms with E-state index in [9.17, 15) is 4.79 Å². The van der Waals surface area contributed by atoms with Crippen LogP contribution in [0.25, 0.3) is 10.9 Å².